The van der Waals surface area contributed by atoms with Gasteiger partial charge in [-0.15, -0.1) is 5.10 Å². The number of aryl methyl sites for hydroxylation is 1. The third-order valence-electron chi connectivity index (χ3n) is 6.75. The number of aliphatic hydroxyl groups excluding tert-OH is 1. The van der Waals surface area contributed by atoms with Crippen molar-refractivity contribution in [1.29, 1.82) is 0 Å². The molecule has 10 heteroatoms. The van der Waals surface area contributed by atoms with Gasteiger partial charge in [0.05, 0.1) is 5.69 Å². The molecular weight excluding hydrogens is 518 g/mol. The number of aliphatic hydroxyl groups is 1. The monoisotopic (exact) mass is 561 g/mol. The van der Waals surface area contributed by atoms with E-state index in [0.29, 0.717) is 29.5 Å². The van der Waals surface area contributed by atoms with Crippen LogP contribution in [0.15, 0.2) is 24.3 Å². The molecule has 216 valence electrons. The second kappa shape index (κ2) is 17.9. The van der Waals surface area contributed by atoms with E-state index in [0.717, 1.165) is 42.6 Å². The van der Waals surface area contributed by atoms with Gasteiger partial charge in [0.2, 0.25) is 0 Å². The Labute approximate surface area is 236 Å². The average Bonchev–Trinajstić information content (AvgIpc) is 3.47. The predicted molar refractivity (Wildman–Crippen MR) is 155 cm³/mol. The summed E-state index contributed by atoms with van der Waals surface area (Å²) in [4.78, 5) is 16.4. The topological polar surface area (TPSA) is 114 Å². The van der Waals surface area contributed by atoms with Crippen LogP contribution in [0.4, 0.5) is 5.69 Å². The molecule has 2 heterocycles. The van der Waals surface area contributed by atoms with Crippen LogP contribution in [0.5, 0.6) is 0 Å². The number of nitrogens with zero attached hydrogens (tertiary/aromatic N) is 3. The molecule has 0 saturated carbocycles. The lowest BCUT2D eigenvalue weighted by molar-refractivity contribution is -0.155. The van der Waals surface area contributed by atoms with Gasteiger partial charge in [-0.05, 0) is 31.9 Å². The smallest absolute Gasteiger partial charge is 0.307 e. The molecule has 3 N–H and O–H groups in total. The first-order valence-corrected chi connectivity index (χ1v) is 14.8. The summed E-state index contributed by atoms with van der Waals surface area (Å²) < 4.78 is 12.2. The maximum Gasteiger partial charge on any atom is 0.307 e. The summed E-state index contributed by atoms with van der Waals surface area (Å²) in [6.45, 7) is 2.34. The molecule has 0 atom stereocenters. The van der Waals surface area contributed by atoms with Gasteiger partial charge in [0.25, 0.3) is 0 Å². The predicted octanol–water partition coefficient (Wildman–Crippen LogP) is 7.03. The lowest BCUT2D eigenvalue weighted by Gasteiger charge is -2.09. The van der Waals surface area contributed by atoms with Crippen molar-refractivity contribution in [2.75, 3.05) is 25.4 Å². The first kappa shape index (κ1) is 30.9. The van der Waals surface area contributed by atoms with Crippen molar-refractivity contribution in [1.82, 2.24) is 19.8 Å². The number of nitrogens with one attached hydrogen (secondary N) is 2. The Morgan fingerprint density at radius 2 is 1.64 bits per heavy atom. The second-order valence-corrected chi connectivity index (χ2v) is 10.4. The fourth-order valence-corrected chi connectivity index (χ4v) is 4.64. The maximum atomic E-state index is 11.9. The number of fused-ring (bicyclic) bond motifs is 1. The fourth-order valence-electron chi connectivity index (χ4n) is 4.48. The highest BCUT2D eigenvalue weighted by Crippen LogP contribution is 2.24. The van der Waals surface area contributed by atoms with Gasteiger partial charge >= 0.3 is 5.97 Å². The highest BCUT2D eigenvalue weighted by molar-refractivity contribution is 6.34. The minimum absolute atomic E-state index is 0.0713. The van der Waals surface area contributed by atoms with Crippen LogP contribution in [-0.2, 0) is 14.3 Å². The molecule has 0 fully saturated rings. The molecule has 0 aliphatic carbocycles. The Hall–Kier alpha value is -2.62. The zero-order chi connectivity index (χ0) is 27.7. The molecule has 39 heavy (non-hydrogen) atoms. The number of H-pyrrole nitrogens is 1. The Bertz CT molecular complexity index is 1120. The number of halogens is 1. The molecule has 0 spiro atoms. The van der Waals surface area contributed by atoms with E-state index in [4.69, 9.17) is 26.2 Å². The van der Waals surface area contributed by atoms with Gasteiger partial charge in [0.15, 0.2) is 18.3 Å². The summed E-state index contributed by atoms with van der Waals surface area (Å²) in [5, 5.41) is 20.0. The highest BCUT2D eigenvalue weighted by atomic mass is 35.5. The summed E-state index contributed by atoms with van der Waals surface area (Å²) in [5.41, 5.74) is 3.10. The van der Waals surface area contributed by atoms with Crippen LogP contribution < -0.4 is 5.32 Å². The zero-order valence-corrected chi connectivity index (χ0v) is 24.0. The molecule has 0 aliphatic rings. The lowest BCUT2D eigenvalue weighted by atomic mass is 10.0. The average molecular weight is 562 g/mol. The van der Waals surface area contributed by atoms with Crippen molar-refractivity contribution >= 4 is 28.9 Å². The molecule has 0 unspecified atom stereocenters. The van der Waals surface area contributed by atoms with E-state index in [9.17, 15) is 4.79 Å². The molecule has 1 aromatic carbocycles. The van der Waals surface area contributed by atoms with E-state index >= 15 is 0 Å². The molecule has 9 nitrogen and oxygen atoms in total. The SMILES string of the molecule is Cc1[nH]n2nc(-c3cccc(NCOCOC(=O)CCCCCCCCCCCCCCCO)c3)nc2c1Cl. The molecule has 3 aromatic rings. The number of hydrogen-bond acceptors (Lipinski definition) is 7. The van der Waals surface area contributed by atoms with Gasteiger partial charge in [0.1, 0.15) is 11.8 Å². The first-order chi connectivity index (χ1) is 19.1. The molecule has 0 amide bonds. The van der Waals surface area contributed by atoms with Crippen LogP contribution >= 0.6 is 11.6 Å². The van der Waals surface area contributed by atoms with Gasteiger partial charge in [0, 0.05) is 24.3 Å². The number of hydrogen-bond donors (Lipinski definition) is 3. The summed E-state index contributed by atoms with van der Waals surface area (Å²) in [5.74, 6) is 0.352. The van der Waals surface area contributed by atoms with Gasteiger partial charge in [-0.2, -0.15) is 4.63 Å². The highest BCUT2D eigenvalue weighted by Gasteiger charge is 2.13. The number of benzene rings is 1. The Kier molecular flexibility index (Phi) is 14.2. The van der Waals surface area contributed by atoms with Gasteiger partial charge in [-0.1, -0.05) is 94.4 Å². The Morgan fingerprint density at radius 1 is 1.00 bits per heavy atom. The van der Waals surface area contributed by atoms with Crippen LogP contribution in [0.25, 0.3) is 17.0 Å². The quantitative estimate of drug-likeness (QED) is 0.0726. The lowest BCUT2D eigenvalue weighted by Crippen LogP contribution is -2.12. The van der Waals surface area contributed by atoms with Crippen molar-refractivity contribution in [3.8, 4) is 11.4 Å². The molecule has 0 aliphatic heterocycles. The summed E-state index contributed by atoms with van der Waals surface area (Å²) in [6, 6.07) is 7.67. The number of carbonyl (C=O) groups is 1. The van der Waals surface area contributed by atoms with Gasteiger partial charge in [-0.3, -0.25) is 9.89 Å². The molecular formula is C29H44ClN5O4. The number of aromatic nitrogens is 4. The van der Waals surface area contributed by atoms with Crippen LogP contribution in [-0.4, -0.2) is 51.0 Å². The molecule has 0 bridgehead atoms. The van der Waals surface area contributed by atoms with Crippen LogP contribution in [0, 0.1) is 6.92 Å². The number of anilines is 1. The van der Waals surface area contributed by atoms with Crippen LogP contribution in [0.3, 0.4) is 0 Å². The van der Waals surface area contributed by atoms with Crippen LogP contribution in [0.2, 0.25) is 5.02 Å². The van der Waals surface area contributed by atoms with Crippen molar-refractivity contribution in [2.45, 2.75) is 96.8 Å². The van der Waals surface area contributed by atoms with Crippen molar-refractivity contribution in [2.24, 2.45) is 0 Å². The second-order valence-electron chi connectivity index (χ2n) is 10.0. The van der Waals surface area contributed by atoms with Crippen LogP contribution in [0.1, 0.15) is 95.6 Å². The van der Waals surface area contributed by atoms with Crippen molar-refractivity contribution in [3.05, 3.63) is 35.0 Å². The van der Waals surface area contributed by atoms with E-state index in [1.807, 2.05) is 31.2 Å². The Morgan fingerprint density at radius 3 is 2.28 bits per heavy atom. The molecule has 2 aromatic heterocycles. The van der Waals surface area contributed by atoms with Crippen molar-refractivity contribution in [3.63, 3.8) is 0 Å². The first-order valence-electron chi connectivity index (χ1n) is 14.4. The molecule has 3 rings (SSSR count). The minimum atomic E-state index is -0.216. The molecule has 0 saturated heterocycles. The summed E-state index contributed by atoms with van der Waals surface area (Å²) >= 11 is 6.25. The number of ether oxygens (including phenoxy) is 2. The van der Waals surface area contributed by atoms with Gasteiger partial charge in [-0.25, -0.2) is 4.98 Å². The van der Waals surface area contributed by atoms with E-state index in [-0.39, 0.29) is 19.5 Å². The van der Waals surface area contributed by atoms with E-state index in [1.54, 1.807) is 4.63 Å². The minimum Gasteiger partial charge on any atom is -0.438 e. The number of unbranched alkanes of at least 4 members (excludes halogenated alkanes) is 12. The summed E-state index contributed by atoms with van der Waals surface area (Å²) in [7, 11) is 0. The van der Waals surface area contributed by atoms with Gasteiger partial charge < -0.3 is 19.9 Å². The fraction of sp³-hybridized carbons (Fsp3) is 0.621. The third-order valence-corrected chi connectivity index (χ3v) is 7.20. The zero-order valence-electron chi connectivity index (χ0n) is 23.2. The number of aromatic amines is 1. The normalized spacial score (nSPS) is 11.4. The maximum absolute atomic E-state index is 11.9. The standard InChI is InChI=1S/C29H44ClN5O4/c1-23-27(30)29-32-28(34-35(29)33-23)24-16-15-17-25(20-24)31-21-38-22-39-26(37)18-13-11-9-7-5-3-2-4-6-8-10-12-14-19-36/h15-17,20,31,33,36H,2-14,18-19,21-22H2,1H3. The van der Waals surface area contributed by atoms with E-state index in [2.05, 4.69) is 20.5 Å². The third kappa shape index (κ3) is 11.2. The molecule has 0 radical (unpaired) electrons. The summed E-state index contributed by atoms with van der Waals surface area (Å²) in [6.07, 6.45) is 16.0. The number of carbonyl (C=O) groups excluding carboxylic acids is 1. The number of rotatable bonds is 21. The Balaban J connectivity index is 1.16. The van der Waals surface area contributed by atoms with E-state index < -0.39 is 0 Å². The van der Waals surface area contributed by atoms with Crippen molar-refractivity contribution < 1.29 is 19.4 Å². The largest absolute Gasteiger partial charge is 0.438 e. The van der Waals surface area contributed by atoms with E-state index in [1.165, 1.54) is 57.8 Å². The number of esters is 1.